The highest BCUT2D eigenvalue weighted by atomic mass is 35.5. The number of hydrogen-bond acceptors (Lipinski definition) is 4. The number of piperidine rings is 1. The monoisotopic (exact) mass is 542 g/mol. The topological polar surface area (TPSA) is 59.1 Å². The molecule has 1 aliphatic carbocycles. The molecule has 8 heteroatoms. The van der Waals surface area contributed by atoms with Gasteiger partial charge in [0.15, 0.2) is 0 Å². The summed E-state index contributed by atoms with van der Waals surface area (Å²) >= 11 is 6.05. The van der Waals surface area contributed by atoms with Crippen LogP contribution >= 0.6 is 11.6 Å². The first kappa shape index (κ1) is 26.9. The molecule has 2 amide bonds. The van der Waals surface area contributed by atoms with Gasteiger partial charge in [0.2, 0.25) is 11.8 Å². The number of carbonyl (C=O) groups is 2. The third-order valence-corrected chi connectivity index (χ3v) is 8.71. The number of rotatable bonds is 7. The number of hydrogen-bond donors (Lipinski definition) is 0. The lowest BCUT2D eigenvalue weighted by Crippen LogP contribution is -2.55. The molecule has 2 saturated heterocycles. The second-order valence-corrected chi connectivity index (χ2v) is 11.5. The largest absolute Gasteiger partial charge is 0.493 e. The van der Waals surface area contributed by atoms with E-state index in [2.05, 4.69) is 0 Å². The van der Waals surface area contributed by atoms with Crippen LogP contribution in [0, 0.1) is 11.2 Å². The quantitative estimate of drug-likeness (QED) is 0.481. The van der Waals surface area contributed by atoms with Gasteiger partial charge < -0.3 is 19.3 Å². The zero-order valence-corrected chi connectivity index (χ0v) is 22.6. The Labute approximate surface area is 229 Å². The zero-order chi connectivity index (χ0) is 26.6. The normalized spacial score (nSPS) is 23.3. The fourth-order valence-electron chi connectivity index (χ4n) is 6.38. The van der Waals surface area contributed by atoms with Crippen LogP contribution in [0.15, 0.2) is 48.5 Å². The summed E-state index contributed by atoms with van der Waals surface area (Å²) < 4.78 is 25.4. The predicted octanol–water partition coefficient (Wildman–Crippen LogP) is 5.23. The molecule has 0 radical (unpaired) electrons. The molecule has 2 aliphatic heterocycles. The molecule has 0 unspecified atom stereocenters. The fraction of sp³-hybridized carbons (Fsp3) is 0.533. The van der Waals surface area contributed by atoms with Crippen molar-refractivity contribution in [1.29, 1.82) is 0 Å². The van der Waals surface area contributed by atoms with Crippen molar-refractivity contribution in [1.82, 2.24) is 9.80 Å². The van der Waals surface area contributed by atoms with Gasteiger partial charge in [-0.2, -0.15) is 0 Å². The van der Waals surface area contributed by atoms with Gasteiger partial charge in [0, 0.05) is 43.0 Å². The molecule has 3 aliphatic rings. The van der Waals surface area contributed by atoms with E-state index in [4.69, 9.17) is 21.1 Å². The molecule has 0 aromatic heterocycles. The Hall–Kier alpha value is -2.64. The molecule has 1 atom stereocenters. The van der Waals surface area contributed by atoms with Crippen molar-refractivity contribution in [3.05, 3.63) is 64.9 Å². The average Bonchev–Trinajstić information content (AvgIpc) is 3.44. The van der Waals surface area contributed by atoms with Crippen molar-refractivity contribution in [2.75, 3.05) is 46.0 Å². The molecule has 2 aromatic rings. The first-order valence-corrected chi connectivity index (χ1v) is 14.1. The lowest BCUT2D eigenvalue weighted by molar-refractivity contribution is -0.146. The van der Waals surface area contributed by atoms with E-state index >= 15 is 0 Å². The summed E-state index contributed by atoms with van der Waals surface area (Å²) in [6.45, 7) is 3.70. The average molecular weight is 543 g/mol. The standard InChI is InChI=1S/C30H36ClFN2O4/c31-24-6-10-26(11-7-24)38-22-29(20-27(35)33-16-18-37-19-17-33)12-3-15-34(21-29)28(36)30(13-1-2-14-30)23-4-8-25(32)9-5-23/h4-11H,1-3,12-22H2/t29-/m1/s1. The van der Waals surface area contributed by atoms with Crippen molar-refractivity contribution in [3.8, 4) is 5.75 Å². The molecule has 2 aromatic carbocycles. The first-order valence-electron chi connectivity index (χ1n) is 13.7. The van der Waals surface area contributed by atoms with E-state index in [1.807, 2.05) is 21.9 Å². The molecule has 0 N–H and O–H groups in total. The first-order chi connectivity index (χ1) is 18.4. The molecule has 3 fully saturated rings. The maximum absolute atomic E-state index is 14.3. The molecule has 204 valence electrons. The van der Waals surface area contributed by atoms with Gasteiger partial charge in [-0.05, 0) is 67.6 Å². The number of likely N-dealkylation sites (tertiary alicyclic amines) is 1. The Bertz CT molecular complexity index is 1110. The van der Waals surface area contributed by atoms with Crippen molar-refractivity contribution >= 4 is 23.4 Å². The van der Waals surface area contributed by atoms with Crippen molar-refractivity contribution < 1.29 is 23.5 Å². The molecule has 0 bridgehead atoms. The molecular weight excluding hydrogens is 507 g/mol. The summed E-state index contributed by atoms with van der Waals surface area (Å²) in [5, 5.41) is 0.631. The predicted molar refractivity (Wildman–Crippen MR) is 144 cm³/mol. The van der Waals surface area contributed by atoms with E-state index in [-0.39, 0.29) is 17.6 Å². The van der Waals surface area contributed by atoms with Gasteiger partial charge >= 0.3 is 0 Å². The van der Waals surface area contributed by atoms with Crippen LogP contribution in [0.2, 0.25) is 5.02 Å². The minimum absolute atomic E-state index is 0.0800. The molecule has 38 heavy (non-hydrogen) atoms. The second kappa shape index (κ2) is 11.6. The van der Waals surface area contributed by atoms with Crippen LogP contribution in [-0.4, -0.2) is 67.6 Å². The Morgan fingerprint density at radius 3 is 2.26 bits per heavy atom. The Morgan fingerprint density at radius 1 is 0.895 bits per heavy atom. The summed E-state index contributed by atoms with van der Waals surface area (Å²) in [5.41, 5.74) is -0.257. The molecule has 6 nitrogen and oxygen atoms in total. The number of carbonyl (C=O) groups excluding carboxylic acids is 2. The fourth-order valence-corrected chi connectivity index (χ4v) is 6.51. The molecule has 5 rings (SSSR count). The second-order valence-electron chi connectivity index (χ2n) is 11.0. The Balaban J connectivity index is 1.39. The summed E-state index contributed by atoms with van der Waals surface area (Å²) in [7, 11) is 0. The number of benzene rings is 2. The minimum Gasteiger partial charge on any atom is -0.493 e. The lowest BCUT2D eigenvalue weighted by atomic mass is 9.74. The van der Waals surface area contributed by atoms with E-state index in [1.54, 1.807) is 24.3 Å². The van der Waals surface area contributed by atoms with Crippen LogP contribution in [0.25, 0.3) is 0 Å². The number of halogens is 2. The highest BCUT2D eigenvalue weighted by Crippen LogP contribution is 2.45. The van der Waals surface area contributed by atoms with E-state index < -0.39 is 10.8 Å². The molecular formula is C30H36ClFN2O4. The van der Waals surface area contributed by atoms with E-state index in [0.29, 0.717) is 63.2 Å². The summed E-state index contributed by atoms with van der Waals surface area (Å²) in [5.74, 6) is 0.564. The lowest BCUT2D eigenvalue weighted by Gasteiger charge is -2.46. The van der Waals surface area contributed by atoms with E-state index in [9.17, 15) is 14.0 Å². The number of nitrogens with zero attached hydrogens (tertiary/aromatic N) is 2. The van der Waals surface area contributed by atoms with Crippen LogP contribution in [0.3, 0.4) is 0 Å². The maximum Gasteiger partial charge on any atom is 0.233 e. The highest BCUT2D eigenvalue weighted by molar-refractivity contribution is 6.30. The number of amides is 2. The molecule has 1 saturated carbocycles. The van der Waals surface area contributed by atoms with Gasteiger partial charge in [-0.1, -0.05) is 36.6 Å². The van der Waals surface area contributed by atoms with Gasteiger partial charge in [0.1, 0.15) is 11.6 Å². The van der Waals surface area contributed by atoms with Crippen LogP contribution in [0.5, 0.6) is 5.75 Å². The highest BCUT2D eigenvalue weighted by Gasteiger charge is 2.48. The van der Waals surface area contributed by atoms with Crippen LogP contribution in [0.4, 0.5) is 4.39 Å². The van der Waals surface area contributed by atoms with Crippen LogP contribution in [-0.2, 0) is 19.7 Å². The summed E-state index contributed by atoms with van der Waals surface area (Å²) in [4.78, 5) is 31.5. The maximum atomic E-state index is 14.3. The van der Waals surface area contributed by atoms with Gasteiger partial charge in [-0.15, -0.1) is 0 Å². The van der Waals surface area contributed by atoms with Crippen molar-refractivity contribution in [2.45, 2.75) is 50.4 Å². The smallest absolute Gasteiger partial charge is 0.233 e. The van der Waals surface area contributed by atoms with Crippen molar-refractivity contribution in [3.63, 3.8) is 0 Å². The van der Waals surface area contributed by atoms with Crippen LogP contribution in [0.1, 0.15) is 50.5 Å². The van der Waals surface area contributed by atoms with Gasteiger partial charge in [-0.25, -0.2) is 4.39 Å². The third kappa shape index (κ3) is 5.84. The van der Waals surface area contributed by atoms with Crippen LogP contribution < -0.4 is 4.74 Å². The number of morpholine rings is 1. The van der Waals surface area contributed by atoms with Gasteiger partial charge in [0.05, 0.1) is 25.2 Å². The SMILES string of the molecule is O=C(C[C@]1(COc2ccc(Cl)cc2)CCCN(C(=O)C2(c3ccc(F)cc3)CCCC2)C1)N1CCOCC1. The third-order valence-electron chi connectivity index (χ3n) is 8.46. The zero-order valence-electron chi connectivity index (χ0n) is 21.8. The summed E-state index contributed by atoms with van der Waals surface area (Å²) in [6, 6.07) is 13.6. The Morgan fingerprint density at radius 2 is 1.58 bits per heavy atom. The summed E-state index contributed by atoms with van der Waals surface area (Å²) in [6.07, 6.45) is 5.36. The van der Waals surface area contributed by atoms with E-state index in [0.717, 1.165) is 44.1 Å². The Kier molecular flexibility index (Phi) is 8.24. The molecule has 2 heterocycles. The molecule has 0 spiro atoms. The minimum atomic E-state index is -0.637. The van der Waals surface area contributed by atoms with E-state index in [1.165, 1.54) is 12.1 Å². The van der Waals surface area contributed by atoms with Gasteiger partial charge in [-0.3, -0.25) is 9.59 Å². The van der Waals surface area contributed by atoms with Gasteiger partial charge in [0.25, 0.3) is 0 Å². The van der Waals surface area contributed by atoms with Crippen molar-refractivity contribution in [2.24, 2.45) is 5.41 Å². The number of ether oxygens (including phenoxy) is 2.